The number of aliphatic hydroxyl groups is 4. The van der Waals surface area contributed by atoms with E-state index in [1.165, 1.54) is 122 Å². The summed E-state index contributed by atoms with van der Waals surface area (Å²) in [6.07, 6.45) is 32.4. The second-order valence-corrected chi connectivity index (χ2v) is 12.9. The Hall–Kier alpha value is -0.950. The van der Waals surface area contributed by atoms with Crippen molar-refractivity contribution in [2.45, 2.75) is 212 Å². The van der Waals surface area contributed by atoms with E-state index in [4.69, 9.17) is 0 Å². The molecule has 6 heteroatoms. The van der Waals surface area contributed by atoms with E-state index in [0.717, 1.165) is 38.5 Å². The van der Waals surface area contributed by atoms with Crippen LogP contribution in [-0.4, -0.2) is 57.3 Å². The fourth-order valence-corrected chi connectivity index (χ4v) is 5.70. The van der Waals surface area contributed by atoms with E-state index in [1.807, 2.05) is 0 Å². The van der Waals surface area contributed by atoms with Gasteiger partial charge in [-0.2, -0.15) is 0 Å². The van der Waals surface area contributed by atoms with E-state index < -0.39 is 36.9 Å². The number of carbonyl (C=O) groups is 1. The van der Waals surface area contributed by atoms with Crippen molar-refractivity contribution in [3.63, 3.8) is 0 Å². The van der Waals surface area contributed by atoms with Gasteiger partial charge in [-0.1, -0.05) is 161 Å². The number of unbranched alkanes of at least 4 members (excludes halogenated alkanes) is 22. The zero-order valence-electron chi connectivity index (χ0n) is 28.5. The molecule has 256 valence electrons. The Bertz CT molecular complexity index is 614. The summed E-state index contributed by atoms with van der Waals surface area (Å²) in [5.41, 5.74) is 0. The summed E-state index contributed by atoms with van der Waals surface area (Å²) >= 11 is 0. The fraction of sp³-hybridized carbons (Fsp3) is 0.919. The Morgan fingerprint density at radius 1 is 0.558 bits per heavy atom. The Balaban J connectivity index is 3.81. The molecule has 0 spiro atoms. The third-order valence-electron chi connectivity index (χ3n) is 8.73. The van der Waals surface area contributed by atoms with Crippen molar-refractivity contribution in [3.8, 4) is 0 Å². The highest BCUT2D eigenvalue weighted by Crippen LogP contribution is 2.15. The monoisotopic (exact) mass is 612 g/mol. The normalized spacial score (nSPS) is 14.7. The Morgan fingerprint density at radius 2 is 0.953 bits per heavy atom. The molecule has 0 aromatic rings. The van der Waals surface area contributed by atoms with Crippen LogP contribution in [0.5, 0.6) is 0 Å². The zero-order chi connectivity index (χ0) is 31.8. The van der Waals surface area contributed by atoms with E-state index in [1.54, 1.807) is 0 Å². The van der Waals surface area contributed by atoms with Crippen molar-refractivity contribution in [3.05, 3.63) is 12.2 Å². The summed E-state index contributed by atoms with van der Waals surface area (Å²) in [6, 6.07) is -0.994. The molecule has 4 atom stereocenters. The number of nitrogens with one attached hydrogen (secondary N) is 1. The number of carbonyl (C=O) groups excluding carboxylic acids is 1. The van der Waals surface area contributed by atoms with Gasteiger partial charge < -0.3 is 25.7 Å². The van der Waals surface area contributed by atoms with Crippen LogP contribution in [-0.2, 0) is 4.79 Å². The summed E-state index contributed by atoms with van der Waals surface area (Å²) < 4.78 is 0. The van der Waals surface area contributed by atoms with Crippen LogP contribution >= 0.6 is 0 Å². The molecule has 5 N–H and O–H groups in total. The quantitative estimate of drug-likeness (QED) is 0.0377. The van der Waals surface area contributed by atoms with Crippen LogP contribution in [0.3, 0.4) is 0 Å². The molecule has 0 bridgehead atoms. The maximum Gasteiger partial charge on any atom is 0.249 e. The van der Waals surface area contributed by atoms with Crippen LogP contribution in [0.4, 0.5) is 0 Å². The molecule has 1 amide bonds. The predicted molar refractivity (Wildman–Crippen MR) is 182 cm³/mol. The first-order valence-corrected chi connectivity index (χ1v) is 18.6. The van der Waals surface area contributed by atoms with E-state index >= 15 is 0 Å². The second-order valence-electron chi connectivity index (χ2n) is 12.9. The Morgan fingerprint density at radius 3 is 1.40 bits per heavy atom. The molecule has 0 aliphatic rings. The summed E-state index contributed by atoms with van der Waals surface area (Å²) in [4.78, 5) is 12.4. The third-order valence-corrected chi connectivity index (χ3v) is 8.73. The maximum atomic E-state index is 12.4. The number of amides is 1. The molecule has 0 aliphatic heterocycles. The van der Waals surface area contributed by atoms with Crippen LogP contribution in [0.15, 0.2) is 12.2 Å². The van der Waals surface area contributed by atoms with Gasteiger partial charge in [-0.3, -0.25) is 4.79 Å². The lowest BCUT2D eigenvalue weighted by Gasteiger charge is -2.27. The molecule has 43 heavy (non-hydrogen) atoms. The molecule has 0 aromatic heterocycles. The zero-order valence-corrected chi connectivity index (χ0v) is 28.5. The summed E-state index contributed by atoms with van der Waals surface area (Å²) in [7, 11) is 0. The van der Waals surface area contributed by atoms with Gasteiger partial charge in [0.15, 0.2) is 0 Å². The van der Waals surface area contributed by atoms with Gasteiger partial charge in [-0.05, 0) is 38.5 Å². The van der Waals surface area contributed by atoms with E-state index in [2.05, 4.69) is 31.3 Å². The highest BCUT2D eigenvalue weighted by atomic mass is 16.3. The predicted octanol–water partition coefficient (Wildman–Crippen LogP) is 8.67. The van der Waals surface area contributed by atoms with E-state index in [0.29, 0.717) is 12.8 Å². The molecule has 0 aromatic carbocycles. The van der Waals surface area contributed by atoms with E-state index in [9.17, 15) is 25.2 Å². The largest absolute Gasteiger partial charge is 0.394 e. The third kappa shape index (κ3) is 27.1. The summed E-state index contributed by atoms with van der Waals surface area (Å²) in [5.74, 6) is -0.596. The average molecular weight is 612 g/mol. The van der Waals surface area contributed by atoms with Gasteiger partial charge in [0, 0.05) is 0 Å². The van der Waals surface area contributed by atoms with Crippen molar-refractivity contribution < 1.29 is 25.2 Å². The van der Waals surface area contributed by atoms with Gasteiger partial charge in [0.25, 0.3) is 0 Å². The SMILES string of the molecule is CCCCCCCCCCCCCCC/C=C/CCCC(O)C(O)C(CO)NC(=O)C(O)CCCCCCCCCCC. The molecule has 4 unspecified atom stereocenters. The maximum absolute atomic E-state index is 12.4. The topological polar surface area (TPSA) is 110 Å². The highest BCUT2D eigenvalue weighted by molar-refractivity contribution is 5.80. The minimum Gasteiger partial charge on any atom is -0.394 e. The second kappa shape index (κ2) is 32.4. The van der Waals surface area contributed by atoms with Crippen LogP contribution in [0, 0.1) is 0 Å². The standard InChI is InChI=1S/C37H73NO5/c1-3-5-7-9-11-13-14-15-16-17-18-19-20-21-23-24-26-28-30-34(40)36(42)33(32-39)38-37(43)35(41)31-29-27-25-22-12-10-8-6-4-2/h23-24,33-36,39-42H,3-22,25-32H2,1-2H3,(H,38,43)/b24-23+. The molecular formula is C37H73NO5. The first kappa shape index (κ1) is 42.0. The van der Waals surface area contributed by atoms with Crippen LogP contribution in [0.25, 0.3) is 0 Å². The molecule has 0 saturated heterocycles. The minimum atomic E-state index is -1.27. The number of allylic oxidation sites excluding steroid dienone is 2. The van der Waals surface area contributed by atoms with Crippen molar-refractivity contribution in [1.82, 2.24) is 5.32 Å². The van der Waals surface area contributed by atoms with Gasteiger partial charge in [0.1, 0.15) is 12.2 Å². The Labute approximate surface area is 266 Å². The average Bonchev–Trinajstić information content (AvgIpc) is 3.01. The first-order chi connectivity index (χ1) is 21.0. The van der Waals surface area contributed by atoms with Gasteiger partial charge in [-0.25, -0.2) is 0 Å². The van der Waals surface area contributed by atoms with Crippen molar-refractivity contribution in [2.75, 3.05) is 6.61 Å². The minimum absolute atomic E-state index is 0.365. The molecule has 0 aliphatic carbocycles. The van der Waals surface area contributed by atoms with Crippen LogP contribution < -0.4 is 5.32 Å². The molecule has 0 heterocycles. The van der Waals surface area contributed by atoms with Crippen molar-refractivity contribution >= 4 is 5.91 Å². The van der Waals surface area contributed by atoms with Crippen LogP contribution in [0.1, 0.15) is 187 Å². The number of hydrogen-bond acceptors (Lipinski definition) is 5. The van der Waals surface area contributed by atoms with Gasteiger partial charge >= 0.3 is 0 Å². The van der Waals surface area contributed by atoms with E-state index in [-0.39, 0.29) is 0 Å². The summed E-state index contributed by atoms with van der Waals surface area (Å²) in [6.45, 7) is 3.99. The van der Waals surface area contributed by atoms with Gasteiger partial charge in [0.2, 0.25) is 5.91 Å². The lowest BCUT2D eigenvalue weighted by Crippen LogP contribution is -2.53. The molecule has 0 fully saturated rings. The molecular weight excluding hydrogens is 538 g/mol. The van der Waals surface area contributed by atoms with Gasteiger partial charge in [-0.15, -0.1) is 0 Å². The molecule has 0 radical (unpaired) electrons. The highest BCUT2D eigenvalue weighted by Gasteiger charge is 2.28. The molecule has 0 rings (SSSR count). The fourth-order valence-electron chi connectivity index (χ4n) is 5.70. The Kier molecular flexibility index (Phi) is 31.7. The van der Waals surface area contributed by atoms with Crippen molar-refractivity contribution in [1.29, 1.82) is 0 Å². The number of rotatable bonds is 33. The molecule has 0 saturated carbocycles. The number of hydrogen-bond donors (Lipinski definition) is 5. The number of aliphatic hydroxyl groups excluding tert-OH is 4. The lowest BCUT2D eigenvalue weighted by molar-refractivity contribution is -0.132. The van der Waals surface area contributed by atoms with Gasteiger partial charge in [0.05, 0.1) is 18.8 Å². The first-order valence-electron chi connectivity index (χ1n) is 18.6. The molecule has 6 nitrogen and oxygen atoms in total. The lowest BCUT2D eigenvalue weighted by atomic mass is 10.00. The van der Waals surface area contributed by atoms with Crippen molar-refractivity contribution in [2.24, 2.45) is 0 Å². The van der Waals surface area contributed by atoms with Crippen LogP contribution in [0.2, 0.25) is 0 Å². The smallest absolute Gasteiger partial charge is 0.249 e. The summed E-state index contributed by atoms with van der Waals surface area (Å²) in [5, 5.41) is 43.3.